The highest BCUT2D eigenvalue weighted by Gasteiger charge is 2.17. The van der Waals surface area contributed by atoms with Crippen molar-refractivity contribution in [3.8, 4) is 11.4 Å². The van der Waals surface area contributed by atoms with Crippen LogP contribution in [-0.2, 0) is 7.05 Å². The molecule has 0 amide bonds. The molecule has 3 rings (SSSR count). The smallest absolute Gasteiger partial charge is 0.230 e. The van der Waals surface area contributed by atoms with E-state index in [0.717, 1.165) is 47.3 Å². The molecule has 0 radical (unpaired) electrons. The Kier molecular flexibility index (Phi) is 6.09. The van der Waals surface area contributed by atoms with Crippen LogP contribution in [-0.4, -0.2) is 27.0 Å². The highest BCUT2D eigenvalue weighted by Crippen LogP contribution is 2.28. The number of aromatic nitrogens is 4. The summed E-state index contributed by atoms with van der Waals surface area (Å²) in [5.74, 6) is 1.77. The predicted octanol–water partition coefficient (Wildman–Crippen LogP) is 3.80. The van der Waals surface area contributed by atoms with Gasteiger partial charge in [0.25, 0.3) is 0 Å². The highest BCUT2D eigenvalue weighted by molar-refractivity contribution is 5.85. The van der Waals surface area contributed by atoms with Gasteiger partial charge in [0.1, 0.15) is 0 Å². The molecule has 130 valence electrons. The minimum absolute atomic E-state index is 0.357. The molecule has 6 nitrogen and oxygen atoms in total. The molecule has 1 aromatic carbocycles. The van der Waals surface area contributed by atoms with Crippen molar-refractivity contribution in [3.05, 3.63) is 29.8 Å². The van der Waals surface area contributed by atoms with Crippen LogP contribution >= 0.6 is 0 Å². The van der Waals surface area contributed by atoms with E-state index in [-0.39, 0.29) is 0 Å². The van der Waals surface area contributed by atoms with Crippen molar-refractivity contribution in [3.63, 3.8) is 0 Å². The van der Waals surface area contributed by atoms with Crippen LogP contribution in [0.1, 0.15) is 50.6 Å². The minimum Gasteiger partial charge on any atom is -0.339 e. The third-order valence-electron chi connectivity index (χ3n) is 4.21. The number of nitrogens with two attached hydrogens (primary N) is 1. The molecule has 0 fully saturated rings. The lowest BCUT2D eigenvalue weighted by Gasteiger charge is -2.06. The minimum atomic E-state index is 0.357. The average molecular weight is 329 g/mol. The molecule has 0 aliphatic rings. The Bertz CT molecular complexity index is 790. The summed E-state index contributed by atoms with van der Waals surface area (Å²) in [5.41, 5.74) is 7.60. The molecule has 1 atom stereocenters. The Morgan fingerprint density at radius 1 is 1.25 bits per heavy atom. The number of fused-ring (bicyclic) bond motifs is 1. The van der Waals surface area contributed by atoms with Gasteiger partial charge in [-0.15, -0.1) is 0 Å². The molecule has 1 unspecified atom stereocenters. The number of benzene rings is 1. The SMILES string of the molecule is CCCC(CC)c1nc(-c2ccc3c(c2)c(C)nn3C)no1.CN. The van der Waals surface area contributed by atoms with Gasteiger partial charge in [-0.1, -0.05) is 25.4 Å². The second-order valence-electron chi connectivity index (χ2n) is 5.79. The van der Waals surface area contributed by atoms with E-state index in [4.69, 9.17) is 4.52 Å². The van der Waals surface area contributed by atoms with E-state index >= 15 is 0 Å². The van der Waals surface area contributed by atoms with Gasteiger partial charge in [0.2, 0.25) is 11.7 Å². The Hall–Kier alpha value is -2.21. The summed E-state index contributed by atoms with van der Waals surface area (Å²) in [6.45, 7) is 6.36. The van der Waals surface area contributed by atoms with Crippen molar-refractivity contribution in [2.75, 3.05) is 7.05 Å². The van der Waals surface area contributed by atoms with Gasteiger partial charge in [-0.25, -0.2) is 0 Å². The highest BCUT2D eigenvalue weighted by atomic mass is 16.5. The number of hydrogen-bond donors (Lipinski definition) is 1. The van der Waals surface area contributed by atoms with Crippen molar-refractivity contribution >= 4 is 10.9 Å². The summed E-state index contributed by atoms with van der Waals surface area (Å²) >= 11 is 0. The maximum Gasteiger partial charge on any atom is 0.230 e. The summed E-state index contributed by atoms with van der Waals surface area (Å²) in [7, 11) is 3.46. The predicted molar refractivity (Wildman–Crippen MR) is 96.8 cm³/mol. The molecule has 2 aromatic heterocycles. The first kappa shape index (κ1) is 18.1. The molecule has 2 heterocycles. The second-order valence-corrected chi connectivity index (χ2v) is 5.79. The fourth-order valence-electron chi connectivity index (χ4n) is 2.95. The molecule has 0 saturated carbocycles. The van der Waals surface area contributed by atoms with Gasteiger partial charge < -0.3 is 10.3 Å². The summed E-state index contributed by atoms with van der Waals surface area (Å²) in [6.07, 6.45) is 3.23. The van der Waals surface area contributed by atoms with E-state index in [1.807, 2.05) is 24.7 Å². The molecular weight excluding hydrogens is 302 g/mol. The fraction of sp³-hybridized carbons (Fsp3) is 0.500. The molecule has 0 spiro atoms. The van der Waals surface area contributed by atoms with Crippen molar-refractivity contribution in [2.24, 2.45) is 12.8 Å². The van der Waals surface area contributed by atoms with E-state index in [1.165, 1.54) is 7.05 Å². The summed E-state index contributed by atoms with van der Waals surface area (Å²) in [5, 5.41) is 9.75. The first-order valence-electron chi connectivity index (χ1n) is 8.49. The third kappa shape index (κ3) is 3.48. The van der Waals surface area contributed by atoms with E-state index in [1.54, 1.807) is 0 Å². The van der Waals surface area contributed by atoms with Crippen LogP contribution in [0.2, 0.25) is 0 Å². The molecule has 0 aliphatic heterocycles. The number of hydrogen-bond acceptors (Lipinski definition) is 5. The van der Waals surface area contributed by atoms with E-state index in [9.17, 15) is 0 Å². The van der Waals surface area contributed by atoms with Crippen LogP contribution in [0.25, 0.3) is 22.3 Å². The molecule has 0 bridgehead atoms. The molecule has 24 heavy (non-hydrogen) atoms. The fourth-order valence-corrected chi connectivity index (χ4v) is 2.95. The first-order chi connectivity index (χ1) is 11.6. The number of nitrogens with zero attached hydrogens (tertiary/aromatic N) is 4. The molecule has 0 saturated heterocycles. The van der Waals surface area contributed by atoms with Gasteiger partial charge in [0, 0.05) is 23.9 Å². The zero-order chi connectivity index (χ0) is 17.7. The normalized spacial score (nSPS) is 12.1. The second kappa shape index (κ2) is 8.06. The third-order valence-corrected chi connectivity index (χ3v) is 4.21. The lowest BCUT2D eigenvalue weighted by molar-refractivity contribution is 0.342. The van der Waals surface area contributed by atoms with Gasteiger partial charge in [-0.3, -0.25) is 4.68 Å². The van der Waals surface area contributed by atoms with Gasteiger partial charge in [0.15, 0.2) is 0 Å². The standard InChI is InChI=1S/C17H22N4O.CH5N/c1-5-7-12(6-2)17-18-16(20-22-17)13-8-9-15-14(10-13)11(3)19-21(15)4;1-2/h8-10,12H,5-7H2,1-4H3;2H2,1H3. The molecule has 2 N–H and O–H groups in total. The van der Waals surface area contributed by atoms with Crippen molar-refractivity contribution in [1.82, 2.24) is 19.9 Å². The van der Waals surface area contributed by atoms with Crippen LogP contribution in [0, 0.1) is 6.92 Å². The zero-order valence-electron chi connectivity index (χ0n) is 15.2. The van der Waals surface area contributed by atoms with Gasteiger partial charge in [-0.05, 0) is 45.0 Å². The molecule has 6 heteroatoms. The van der Waals surface area contributed by atoms with Crippen LogP contribution in [0.4, 0.5) is 0 Å². The maximum absolute atomic E-state index is 5.49. The molecule has 3 aromatic rings. The maximum atomic E-state index is 5.49. The van der Waals surface area contributed by atoms with Crippen molar-refractivity contribution < 1.29 is 4.52 Å². The monoisotopic (exact) mass is 329 g/mol. The van der Waals surface area contributed by atoms with Gasteiger partial charge in [-0.2, -0.15) is 10.1 Å². The van der Waals surface area contributed by atoms with E-state index in [0.29, 0.717) is 11.7 Å². The zero-order valence-corrected chi connectivity index (χ0v) is 15.2. The van der Waals surface area contributed by atoms with Crippen LogP contribution in [0.15, 0.2) is 22.7 Å². The van der Waals surface area contributed by atoms with Crippen molar-refractivity contribution in [2.45, 2.75) is 46.0 Å². The Labute approximate surface area is 143 Å². The van der Waals surface area contributed by atoms with Crippen LogP contribution in [0.5, 0.6) is 0 Å². The largest absolute Gasteiger partial charge is 0.339 e. The number of rotatable bonds is 5. The van der Waals surface area contributed by atoms with Gasteiger partial charge in [0.05, 0.1) is 11.2 Å². The van der Waals surface area contributed by atoms with Crippen LogP contribution in [0.3, 0.4) is 0 Å². The Morgan fingerprint density at radius 2 is 2.00 bits per heavy atom. The van der Waals surface area contributed by atoms with E-state index < -0.39 is 0 Å². The van der Waals surface area contributed by atoms with E-state index in [2.05, 4.69) is 47.0 Å². The average Bonchev–Trinajstić information content (AvgIpc) is 3.20. The number of aryl methyl sites for hydroxylation is 2. The molecule has 0 aliphatic carbocycles. The summed E-state index contributed by atoms with van der Waals surface area (Å²) < 4.78 is 7.38. The van der Waals surface area contributed by atoms with Crippen LogP contribution < -0.4 is 5.73 Å². The quantitative estimate of drug-likeness (QED) is 0.770. The first-order valence-corrected chi connectivity index (χ1v) is 8.49. The lowest BCUT2D eigenvalue weighted by atomic mass is 10.0. The lowest BCUT2D eigenvalue weighted by Crippen LogP contribution is -1.97. The Morgan fingerprint density at radius 3 is 2.67 bits per heavy atom. The summed E-state index contributed by atoms with van der Waals surface area (Å²) in [4.78, 5) is 4.61. The molecular formula is C18H27N5O. The summed E-state index contributed by atoms with van der Waals surface area (Å²) in [6, 6.07) is 6.18. The Balaban J connectivity index is 0.00000100. The van der Waals surface area contributed by atoms with Gasteiger partial charge >= 0.3 is 0 Å². The topological polar surface area (TPSA) is 82.8 Å². The van der Waals surface area contributed by atoms with Crippen molar-refractivity contribution in [1.29, 1.82) is 0 Å².